The van der Waals surface area contributed by atoms with Crippen LogP contribution in [0.1, 0.15) is 6.42 Å². The van der Waals surface area contributed by atoms with Gasteiger partial charge in [-0.3, -0.25) is 0 Å². The van der Waals surface area contributed by atoms with Crippen LogP contribution in [-0.2, 0) is 4.79 Å². The maximum absolute atomic E-state index is 10.5. The molecule has 0 spiro atoms. The number of nitrogens with zero attached hydrogens (tertiary/aromatic N) is 1. The number of aliphatic hydroxyl groups excluding tert-OH is 1. The summed E-state index contributed by atoms with van der Waals surface area (Å²) in [5, 5.41) is 19.8. The van der Waals surface area contributed by atoms with Crippen molar-refractivity contribution < 1.29 is 19.5 Å². The molecule has 0 aliphatic carbocycles. The van der Waals surface area contributed by atoms with E-state index in [2.05, 4.69) is 0 Å². The summed E-state index contributed by atoms with van der Waals surface area (Å²) in [4.78, 5) is 10.5. The van der Waals surface area contributed by atoms with Crippen molar-refractivity contribution in [2.45, 2.75) is 18.6 Å². The fourth-order valence-corrected chi connectivity index (χ4v) is 1.67. The fourth-order valence-electron chi connectivity index (χ4n) is 1.67. The highest BCUT2D eigenvalue weighted by atomic mass is 16.4. The summed E-state index contributed by atoms with van der Waals surface area (Å²) >= 11 is 0. The second-order valence-corrected chi connectivity index (χ2v) is 3.62. The van der Waals surface area contributed by atoms with Crippen molar-refractivity contribution in [1.29, 1.82) is 0 Å². The molecule has 4 heteroatoms. The average molecular weight is 159 g/mol. The molecule has 1 aliphatic rings. The number of likely N-dealkylation sites (tertiary alicyclic amines) is 1. The van der Waals surface area contributed by atoms with Crippen LogP contribution in [-0.4, -0.2) is 48.3 Å². The maximum atomic E-state index is 10.5. The normalized spacial score (nSPS) is 35.5. The van der Waals surface area contributed by atoms with Crippen LogP contribution in [0.2, 0.25) is 0 Å². The Kier molecular flexibility index (Phi) is 1.90. The van der Waals surface area contributed by atoms with Gasteiger partial charge >= 0.3 is 0 Å². The SMILES string of the molecule is C[N+]1(C)CC[C@H](O)[C@H]1C(=O)[O-]. The van der Waals surface area contributed by atoms with Crippen LogP contribution in [0, 0.1) is 0 Å². The van der Waals surface area contributed by atoms with Crippen molar-refractivity contribution in [2.75, 3.05) is 20.6 Å². The Hall–Kier alpha value is -0.610. The Bertz CT molecular complexity index is 179. The van der Waals surface area contributed by atoms with E-state index < -0.39 is 18.1 Å². The minimum absolute atomic E-state index is 0.323. The highest BCUT2D eigenvalue weighted by Gasteiger charge is 2.42. The fraction of sp³-hybridized carbons (Fsp3) is 0.857. The summed E-state index contributed by atoms with van der Waals surface area (Å²) in [6, 6.07) is -0.755. The van der Waals surface area contributed by atoms with Gasteiger partial charge in [0.2, 0.25) is 0 Å². The lowest BCUT2D eigenvalue weighted by Crippen LogP contribution is -2.56. The molecule has 0 radical (unpaired) electrons. The Balaban J connectivity index is 2.80. The summed E-state index contributed by atoms with van der Waals surface area (Å²) in [6.45, 7) is 0.694. The number of likely N-dealkylation sites (N-methyl/N-ethyl adjacent to an activating group) is 1. The Morgan fingerprint density at radius 3 is 2.36 bits per heavy atom. The number of aliphatic carboxylic acids is 1. The molecular weight excluding hydrogens is 146 g/mol. The van der Waals surface area contributed by atoms with E-state index in [1.54, 1.807) is 14.1 Å². The van der Waals surface area contributed by atoms with Gasteiger partial charge in [0.15, 0.2) is 6.04 Å². The summed E-state index contributed by atoms with van der Waals surface area (Å²) in [7, 11) is 3.58. The maximum Gasteiger partial charge on any atom is 0.155 e. The van der Waals surface area contributed by atoms with Gasteiger partial charge in [-0.05, 0) is 0 Å². The van der Waals surface area contributed by atoms with Gasteiger partial charge in [-0.2, -0.15) is 0 Å². The van der Waals surface area contributed by atoms with Gasteiger partial charge in [-0.1, -0.05) is 0 Å². The lowest BCUT2D eigenvalue weighted by atomic mass is 10.1. The lowest BCUT2D eigenvalue weighted by molar-refractivity contribution is -0.897. The van der Waals surface area contributed by atoms with Gasteiger partial charge in [0.1, 0.15) is 12.1 Å². The molecule has 0 unspecified atom stereocenters. The number of quaternary nitrogens is 1. The second-order valence-electron chi connectivity index (χ2n) is 3.62. The molecule has 0 amide bonds. The van der Waals surface area contributed by atoms with Crippen molar-refractivity contribution >= 4 is 5.97 Å². The number of carboxylic acid groups (broad SMARTS) is 1. The van der Waals surface area contributed by atoms with E-state index in [9.17, 15) is 15.0 Å². The van der Waals surface area contributed by atoms with Crippen LogP contribution in [0.4, 0.5) is 0 Å². The van der Waals surface area contributed by atoms with Crippen molar-refractivity contribution in [2.24, 2.45) is 0 Å². The molecule has 0 aromatic heterocycles. The Labute approximate surface area is 65.6 Å². The van der Waals surface area contributed by atoms with Gasteiger partial charge in [-0.25, -0.2) is 0 Å². The van der Waals surface area contributed by atoms with Crippen LogP contribution < -0.4 is 5.11 Å². The van der Waals surface area contributed by atoms with Gasteiger partial charge in [0.05, 0.1) is 20.6 Å². The van der Waals surface area contributed by atoms with E-state index in [0.29, 0.717) is 17.4 Å². The van der Waals surface area contributed by atoms with E-state index in [1.807, 2.05) is 0 Å². The molecule has 64 valence electrons. The minimum atomic E-state index is -1.15. The summed E-state index contributed by atoms with van der Waals surface area (Å²) in [6.07, 6.45) is -0.193. The van der Waals surface area contributed by atoms with Crippen molar-refractivity contribution in [3.8, 4) is 0 Å². The molecule has 1 aliphatic heterocycles. The topological polar surface area (TPSA) is 60.4 Å². The molecule has 1 saturated heterocycles. The first kappa shape index (κ1) is 8.49. The van der Waals surface area contributed by atoms with E-state index in [0.717, 1.165) is 0 Å². The molecule has 1 N–H and O–H groups in total. The van der Waals surface area contributed by atoms with Crippen LogP contribution in [0.5, 0.6) is 0 Å². The molecule has 0 saturated carbocycles. The van der Waals surface area contributed by atoms with Gasteiger partial charge in [0, 0.05) is 6.42 Å². The molecular formula is C7H13NO3. The molecule has 4 nitrogen and oxygen atoms in total. The molecule has 1 heterocycles. The molecule has 0 aromatic carbocycles. The van der Waals surface area contributed by atoms with E-state index in [-0.39, 0.29) is 0 Å². The highest BCUT2D eigenvalue weighted by molar-refractivity contribution is 5.70. The molecule has 1 rings (SSSR count). The van der Waals surface area contributed by atoms with Crippen LogP contribution in [0.15, 0.2) is 0 Å². The predicted octanol–water partition coefficient (Wildman–Crippen LogP) is -2.05. The van der Waals surface area contributed by atoms with Crippen molar-refractivity contribution in [3.05, 3.63) is 0 Å². The summed E-state index contributed by atoms with van der Waals surface area (Å²) in [5.74, 6) is -1.15. The zero-order valence-corrected chi connectivity index (χ0v) is 6.78. The number of aliphatic hydroxyl groups is 1. The zero-order valence-electron chi connectivity index (χ0n) is 6.78. The number of rotatable bonds is 1. The van der Waals surface area contributed by atoms with Gasteiger partial charge in [-0.15, -0.1) is 0 Å². The largest absolute Gasteiger partial charge is 0.544 e. The van der Waals surface area contributed by atoms with Crippen molar-refractivity contribution in [1.82, 2.24) is 0 Å². The first-order valence-electron chi connectivity index (χ1n) is 3.67. The van der Waals surface area contributed by atoms with Crippen LogP contribution >= 0.6 is 0 Å². The standard InChI is InChI=1S/C7H13NO3/c1-8(2)4-3-5(9)6(8)7(10)11/h5-6,9H,3-4H2,1-2H3/t5-,6-/m0/s1. The molecule has 0 bridgehead atoms. The van der Waals surface area contributed by atoms with Crippen LogP contribution in [0.25, 0.3) is 0 Å². The predicted molar refractivity (Wildman–Crippen MR) is 36.4 cm³/mol. The van der Waals surface area contributed by atoms with E-state index >= 15 is 0 Å². The molecule has 2 atom stereocenters. The van der Waals surface area contributed by atoms with E-state index in [1.165, 1.54) is 0 Å². The highest BCUT2D eigenvalue weighted by Crippen LogP contribution is 2.21. The summed E-state index contributed by atoms with van der Waals surface area (Å²) in [5.41, 5.74) is 0. The molecule has 11 heavy (non-hydrogen) atoms. The number of hydrogen-bond acceptors (Lipinski definition) is 3. The first-order chi connectivity index (χ1) is 4.95. The Morgan fingerprint density at radius 1 is 1.64 bits per heavy atom. The van der Waals surface area contributed by atoms with Crippen molar-refractivity contribution in [3.63, 3.8) is 0 Å². The number of carbonyl (C=O) groups excluding carboxylic acids is 1. The van der Waals surface area contributed by atoms with E-state index in [4.69, 9.17) is 0 Å². The smallest absolute Gasteiger partial charge is 0.155 e. The number of hydrogen-bond donors (Lipinski definition) is 1. The summed E-state index contributed by atoms with van der Waals surface area (Å²) < 4.78 is 0.323. The quantitative estimate of drug-likeness (QED) is 0.448. The van der Waals surface area contributed by atoms with Gasteiger partial charge < -0.3 is 19.5 Å². The lowest BCUT2D eigenvalue weighted by Gasteiger charge is -2.32. The third kappa shape index (κ3) is 1.36. The first-order valence-corrected chi connectivity index (χ1v) is 3.67. The third-order valence-corrected chi connectivity index (χ3v) is 2.36. The zero-order chi connectivity index (χ0) is 8.65. The molecule has 0 aromatic rings. The van der Waals surface area contributed by atoms with Crippen LogP contribution in [0.3, 0.4) is 0 Å². The third-order valence-electron chi connectivity index (χ3n) is 2.36. The second kappa shape index (κ2) is 2.46. The molecule has 1 fully saturated rings. The Morgan fingerprint density at radius 2 is 2.18 bits per heavy atom. The van der Waals surface area contributed by atoms with Gasteiger partial charge in [0.25, 0.3) is 0 Å². The number of carbonyl (C=O) groups is 1. The minimum Gasteiger partial charge on any atom is -0.544 e. The average Bonchev–Trinajstić information content (AvgIpc) is 2.06. The number of carboxylic acids is 1. The monoisotopic (exact) mass is 159 g/mol.